The van der Waals surface area contributed by atoms with Crippen LogP contribution in [0.25, 0.3) is 0 Å². The third-order valence-corrected chi connectivity index (χ3v) is 2.13. The van der Waals surface area contributed by atoms with Crippen LogP contribution in [0, 0.1) is 0 Å². The van der Waals surface area contributed by atoms with E-state index in [1.807, 2.05) is 0 Å². The number of fused-ring (bicyclic) bond motifs is 1. The van der Waals surface area contributed by atoms with Crippen molar-refractivity contribution in [2.45, 2.75) is 0 Å². The summed E-state index contributed by atoms with van der Waals surface area (Å²) in [6.07, 6.45) is 0. The van der Waals surface area contributed by atoms with Gasteiger partial charge >= 0.3 is 11.9 Å². The van der Waals surface area contributed by atoms with Crippen LogP contribution in [0.5, 0.6) is 0 Å². The number of nitrogens with one attached hydrogen (secondary N) is 1. The topological polar surface area (TPSA) is 95.9 Å². The Bertz CT molecular complexity index is 382. The number of aliphatic hydroxyl groups is 2. The first-order valence-electron chi connectivity index (χ1n) is 5.48. The Hall–Kier alpha value is -1.76. The summed E-state index contributed by atoms with van der Waals surface area (Å²) in [5.74, 6) is -1.10. The van der Waals surface area contributed by atoms with Crippen LogP contribution >= 0.6 is 0 Å². The summed E-state index contributed by atoms with van der Waals surface area (Å²) in [5.41, 5.74) is 0.718. The highest BCUT2D eigenvalue weighted by Gasteiger charge is 2.28. The molecule has 0 aliphatic carbocycles. The first-order chi connectivity index (χ1) is 8.70. The van der Waals surface area contributed by atoms with Gasteiger partial charge in [-0.1, -0.05) is 12.1 Å². The van der Waals surface area contributed by atoms with E-state index in [-0.39, 0.29) is 13.2 Å². The van der Waals surface area contributed by atoms with Gasteiger partial charge in [-0.05, 0) is 12.1 Å². The third-order valence-electron chi connectivity index (χ3n) is 2.13. The first kappa shape index (κ1) is 14.3. The predicted octanol–water partition coefficient (Wildman–Crippen LogP) is -0.442. The SMILES string of the molecule is O=C1OC(=O)c2ccccc21.OCCNCCO. The molecule has 3 N–H and O–H groups in total. The van der Waals surface area contributed by atoms with E-state index in [0.717, 1.165) is 0 Å². The van der Waals surface area contributed by atoms with Crippen molar-refractivity contribution in [3.8, 4) is 0 Å². The van der Waals surface area contributed by atoms with E-state index >= 15 is 0 Å². The summed E-state index contributed by atoms with van der Waals surface area (Å²) in [5, 5.41) is 19.1. The van der Waals surface area contributed by atoms with Crippen LogP contribution in [0.2, 0.25) is 0 Å². The van der Waals surface area contributed by atoms with Gasteiger partial charge in [0, 0.05) is 13.1 Å². The third kappa shape index (κ3) is 3.92. The minimum atomic E-state index is -0.550. The van der Waals surface area contributed by atoms with Crippen molar-refractivity contribution in [1.82, 2.24) is 5.32 Å². The molecule has 0 spiro atoms. The second-order valence-corrected chi connectivity index (χ2v) is 3.42. The van der Waals surface area contributed by atoms with E-state index < -0.39 is 11.9 Å². The van der Waals surface area contributed by atoms with E-state index in [1.165, 1.54) is 0 Å². The minimum absolute atomic E-state index is 0.139. The van der Waals surface area contributed by atoms with Gasteiger partial charge in [0.1, 0.15) is 0 Å². The summed E-state index contributed by atoms with van der Waals surface area (Å²) in [7, 11) is 0. The van der Waals surface area contributed by atoms with E-state index in [9.17, 15) is 9.59 Å². The number of carbonyl (C=O) groups excluding carboxylic acids is 2. The molecule has 6 nitrogen and oxygen atoms in total. The number of cyclic esters (lactones) is 2. The van der Waals surface area contributed by atoms with Crippen molar-refractivity contribution in [3.05, 3.63) is 35.4 Å². The lowest BCUT2D eigenvalue weighted by Gasteiger charge is -1.94. The van der Waals surface area contributed by atoms with Gasteiger partial charge in [-0.3, -0.25) is 0 Å². The van der Waals surface area contributed by atoms with Crippen LogP contribution in [-0.2, 0) is 4.74 Å². The number of benzene rings is 1. The Labute approximate surface area is 104 Å². The maximum Gasteiger partial charge on any atom is 0.346 e. The van der Waals surface area contributed by atoms with Crippen molar-refractivity contribution >= 4 is 11.9 Å². The second kappa shape index (κ2) is 7.54. The monoisotopic (exact) mass is 253 g/mol. The van der Waals surface area contributed by atoms with E-state index in [4.69, 9.17) is 10.2 Å². The summed E-state index contributed by atoms with van der Waals surface area (Å²) in [6, 6.07) is 6.53. The molecule has 1 aliphatic heterocycles. The van der Waals surface area contributed by atoms with Crippen LogP contribution in [-0.4, -0.2) is 48.5 Å². The largest absolute Gasteiger partial charge is 0.395 e. The Balaban J connectivity index is 0.000000203. The van der Waals surface area contributed by atoms with Gasteiger partial charge < -0.3 is 20.3 Å². The number of carbonyl (C=O) groups is 2. The summed E-state index contributed by atoms with van der Waals surface area (Å²) >= 11 is 0. The molecule has 1 aromatic carbocycles. The maximum absolute atomic E-state index is 10.8. The molecule has 6 heteroatoms. The van der Waals surface area contributed by atoms with Crippen molar-refractivity contribution in [1.29, 1.82) is 0 Å². The molecule has 0 saturated carbocycles. The highest BCUT2D eigenvalue weighted by molar-refractivity contribution is 6.14. The van der Waals surface area contributed by atoms with E-state index in [2.05, 4.69) is 10.1 Å². The molecule has 1 aliphatic rings. The van der Waals surface area contributed by atoms with E-state index in [0.29, 0.717) is 24.2 Å². The lowest BCUT2D eigenvalue weighted by atomic mass is 10.1. The number of hydrogen-bond acceptors (Lipinski definition) is 6. The lowest BCUT2D eigenvalue weighted by Crippen LogP contribution is -2.21. The van der Waals surface area contributed by atoms with Gasteiger partial charge in [-0.2, -0.15) is 0 Å². The van der Waals surface area contributed by atoms with Crippen molar-refractivity contribution in [3.63, 3.8) is 0 Å². The number of aliphatic hydroxyl groups excluding tert-OH is 2. The number of hydrogen-bond donors (Lipinski definition) is 3. The Morgan fingerprint density at radius 1 is 0.944 bits per heavy atom. The number of rotatable bonds is 4. The molecule has 2 rings (SSSR count). The maximum atomic E-state index is 10.8. The molecule has 0 radical (unpaired) electrons. The van der Waals surface area contributed by atoms with E-state index in [1.54, 1.807) is 24.3 Å². The summed E-state index contributed by atoms with van der Waals surface area (Å²) < 4.78 is 4.35. The van der Waals surface area contributed by atoms with Crippen molar-refractivity contribution in [2.75, 3.05) is 26.3 Å². The van der Waals surface area contributed by atoms with Gasteiger partial charge in [0.15, 0.2) is 0 Å². The van der Waals surface area contributed by atoms with Crippen LogP contribution in [0.3, 0.4) is 0 Å². The molecule has 0 atom stereocenters. The fourth-order valence-corrected chi connectivity index (χ4v) is 1.32. The molecule has 0 amide bonds. The van der Waals surface area contributed by atoms with Crippen molar-refractivity contribution in [2.24, 2.45) is 0 Å². The minimum Gasteiger partial charge on any atom is -0.395 e. The molecule has 0 unspecified atom stereocenters. The van der Waals surface area contributed by atoms with Crippen LogP contribution in [0.4, 0.5) is 0 Å². The van der Waals surface area contributed by atoms with Gasteiger partial charge in [0.05, 0.1) is 24.3 Å². The molecule has 98 valence electrons. The molecule has 0 aromatic heterocycles. The zero-order valence-corrected chi connectivity index (χ0v) is 9.76. The fourth-order valence-electron chi connectivity index (χ4n) is 1.32. The van der Waals surface area contributed by atoms with Gasteiger partial charge in [-0.25, -0.2) is 9.59 Å². The lowest BCUT2D eigenvalue weighted by molar-refractivity contribution is 0.0444. The molecule has 0 saturated heterocycles. The fraction of sp³-hybridized carbons (Fsp3) is 0.333. The van der Waals surface area contributed by atoms with Gasteiger partial charge in [0.25, 0.3) is 0 Å². The average molecular weight is 253 g/mol. The molecule has 0 bridgehead atoms. The zero-order valence-electron chi connectivity index (χ0n) is 9.76. The van der Waals surface area contributed by atoms with Crippen LogP contribution in [0.15, 0.2) is 24.3 Å². The molecule has 1 aromatic rings. The Morgan fingerprint density at radius 3 is 1.78 bits per heavy atom. The molecule has 1 heterocycles. The summed E-state index contributed by atoms with van der Waals surface area (Å²) in [6.45, 7) is 1.42. The van der Waals surface area contributed by atoms with Crippen molar-refractivity contribution < 1.29 is 24.5 Å². The molecular formula is C12H15NO5. The first-order valence-corrected chi connectivity index (χ1v) is 5.48. The zero-order chi connectivity index (χ0) is 13.4. The standard InChI is InChI=1S/C8H4O3.C4H11NO2/c9-7-5-3-1-2-4-6(5)8(10)11-7;6-3-1-5-2-4-7/h1-4H;5-7H,1-4H2. The van der Waals surface area contributed by atoms with Crippen LogP contribution in [0.1, 0.15) is 20.7 Å². The quantitative estimate of drug-likeness (QED) is 0.382. The average Bonchev–Trinajstić information content (AvgIpc) is 2.67. The van der Waals surface area contributed by atoms with Gasteiger partial charge in [-0.15, -0.1) is 0 Å². The summed E-state index contributed by atoms with van der Waals surface area (Å²) in [4.78, 5) is 21.7. The molecule has 18 heavy (non-hydrogen) atoms. The van der Waals surface area contributed by atoms with Gasteiger partial charge in [0.2, 0.25) is 0 Å². The highest BCUT2D eigenvalue weighted by Crippen LogP contribution is 2.18. The van der Waals surface area contributed by atoms with Crippen LogP contribution < -0.4 is 5.32 Å². The predicted molar refractivity (Wildman–Crippen MR) is 63.2 cm³/mol. The normalized spacial score (nSPS) is 12.6. The second-order valence-electron chi connectivity index (χ2n) is 3.42. The Morgan fingerprint density at radius 2 is 1.39 bits per heavy atom. The smallest absolute Gasteiger partial charge is 0.346 e. The highest BCUT2D eigenvalue weighted by atomic mass is 16.6. The number of esters is 2. The Kier molecular flexibility index (Phi) is 5.99. The molecular weight excluding hydrogens is 238 g/mol. The molecule has 0 fully saturated rings. The number of ether oxygens (including phenoxy) is 1.